The number of carbonyl (C=O) groups excluding carboxylic acids is 2. The highest BCUT2D eigenvalue weighted by Crippen LogP contribution is 2.29. The van der Waals surface area contributed by atoms with Crippen molar-refractivity contribution in [3.05, 3.63) is 65.4 Å². The Kier molecular flexibility index (Phi) is 5.74. The number of nitrogens with one attached hydrogen (secondary N) is 1. The summed E-state index contributed by atoms with van der Waals surface area (Å²) >= 11 is 5.98. The molecule has 5 heteroatoms. The minimum atomic E-state index is -0.569. The van der Waals surface area contributed by atoms with Crippen LogP contribution in [0.5, 0.6) is 0 Å². The molecule has 3 aromatic rings. The molecule has 3 rings (SSSR count). The van der Waals surface area contributed by atoms with Gasteiger partial charge < -0.3 is 9.72 Å². The Bertz CT molecular complexity index is 929. The molecular weight excluding hydrogens is 348 g/mol. The van der Waals surface area contributed by atoms with Gasteiger partial charge in [-0.05, 0) is 42.3 Å². The third-order valence-corrected chi connectivity index (χ3v) is 4.57. The van der Waals surface area contributed by atoms with Gasteiger partial charge in [0.1, 0.15) is 5.69 Å². The van der Waals surface area contributed by atoms with E-state index in [9.17, 15) is 9.59 Å². The zero-order valence-corrected chi connectivity index (χ0v) is 15.4. The average molecular weight is 369 g/mol. The van der Waals surface area contributed by atoms with E-state index < -0.39 is 11.7 Å². The first-order valence-corrected chi connectivity index (χ1v) is 9.18. The number of ketones is 1. The van der Waals surface area contributed by atoms with Crippen molar-refractivity contribution < 1.29 is 9.59 Å². The molecule has 0 atom stereocenters. The van der Waals surface area contributed by atoms with Crippen LogP contribution in [-0.2, 0) is 4.79 Å². The summed E-state index contributed by atoms with van der Waals surface area (Å²) in [5, 5.41) is 3.36. The lowest BCUT2D eigenvalue weighted by Crippen LogP contribution is -2.32. The molecule has 1 N–H and O–H groups in total. The number of unbranched alkanes of at least 4 members (excludes halogenated alkanes) is 2. The molecule has 0 radical (unpaired) electrons. The van der Waals surface area contributed by atoms with Crippen LogP contribution in [0.15, 0.2) is 54.7 Å². The molecule has 4 nitrogen and oxygen atoms in total. The molecule has 0 aliphatic carbocycles. The number of benzene rings is 1. The molecule has 0 spiro atoms. The van der Waals surface area contributed by atoms with Crippen LogP contribution in [0.4, 0.5) is 0 Å². The monoisotopic (exact) mass is 368 g/mol. The van der Waals surface area contributed by atoms with E-state index in [-0.39, 0.29) is 0 Å². The SMILES string of the molecule is CCCCCNC(=O)C(=O)c1c(-c2ccc(Cl)cc2)cc2ccccn12. The summed E-state index contributed by atoms with van der Waals surface area (Å²) in [7, 11) is 0. The second-order valence-electron chi connectivity index (χ2n) is 6.20. The van der Waals surface area contributed by atoms with Crippen LogP contribution in [0.1, 0.15) is 36.7 Å². The number of fused-ring (bicyclic) bond motifs is 1. The molecule has 0 saturated heterocycles. The summed E-state index contributed by atoms with van der Waals surface area (Å²) in [4.78, 5) is 25.3. The fourth-order valence-electron chi connectivity index (χ4n) is 2.97. The van der Waals surface area contributed by atoms with Gasteiger partial charge in [0, 0.05) is 28.8 Å². The fourth-order valence-corrected chi connectivity index (χ4v) is 3.10. The summed E-state index contributed by atoms with van der Waals surface area (Å²) in [6, 6.07) is 14.8. The Morgan fingerprint density at radius 2 is 1.85 bits per heavy atom. The van der Waals surface area contributed by atoms with Crippen LogP contribution < -0.4 is 5.32 Å². The van der Waals surface area contributed by atoms with E-state index in [0.29, 0.717) is 17.3 Å². The second kappa shape index (κ2) is 8.19. The molecule has 2 aromatic heterocycles. The highest BCUT2D eigenvalue weighted by molar-refractivity contribution is 6.43. The molecule has 2 heterocycles. The number of hydrogen-bond donors (Lipinski definition) is 1. The Hall–Kier alpha value is -2.59. The minimum Gasteiger partial charge on any atom is -0.349 e. The lowest BCUT2D eigenvalue weighted by atomic mass is 10.0. The molecule has 0 fully saturated rings. The van der Waals surface area contributed by atoms with Gasteiger partial charge in [-0.3, -0.25) is 9.59 Å². The lowest BCUT2D eigenvalue weighted by Gasteiger charge is -2.07. The van der Waals surface area contributed by atoms with E-state index >= 15 is 0 Å². The maximum Gasteiger partial charge on any atom is 0.294 e. The lowest BCUT2D eigenvalue weighted by molar-refractivity contribution is -0.117. The maximum absolute atomic E-state index is 12.9. The predicted molar refractivity (Wildman–Crippen MR) is 105 cm³/mol. The first-order valence-electron chi connectivity index (χ1n) is 8.80. The van der Waals surface area contributed by atoms with Gasteiger partial charge in [0.05, 0.1) is 0 Å². The van der Waals surface area contributed by atoms with E-state index in [0.717, 1.165) is 35.9 Å². The smallest absolute Gasteiger partial charge is 0.294 e. The Morgan fingerprint density at radius 1 is 1.08 bits per heavy atom. The summed E-state index contributed by atoms with van der Waals surface area (Å²) in [6.07, 6.45) is 4.76. The van der Waals surface area contributed by atoms with Crippen LogP contribution in [0.3, 0.4) is 0 Å². The van der Waals surface area contributed by atoms with Crippen LogP contribution in [0.25, 0.3) is 16.6 Å². The maximum atomic E-state index is 12.9. The van der Waals surface area contributed by atoms with Crippen molar-refractivity contribution in [1.29, 1.82) is 0 Å². The molecule has 0 bridgehead atoms. The number of pyridine rings is 1. The summed E-state index contributed by atoms with van der Waals surface area (Å²) in [5.74, 6) is -1.10. The summed E-state index contributed by atoms with van der Waals surface area (Å²) in [5.41, 5.74) is 2.80. The van der Waals surface area contributed by atoms with Gasteiger partial charge in [-0.25, -0.2) is 0 Å². The van der Waals surface area contributed by atoms with Gasteiger partial charge in [0.2, 0.25) is 0 Å². The van der Waals surface area contributed by atoms with Gasteiger partial charge >= 0.3 is 0 Å². The predicted octanol–water partition coefficient (Wildman–Crippen LogP) is 4.75. The zero-order valence-electron chi connectivity index (χ0n) is 14.7. The fraction of sp³-hybridized carbons (Fsp3) is 0.238. The molecule has 0 unspecified atom stereocenters. The van der Waals surface area contributed by atoms with Crippen LogP contribution >= 0.6 is 11.6 Å². The Morgan fingerprint density at radius 3 is 2.58 bits per heavy atom. The van der Waals surface area contributed by atoms with Crippen molar-refractivity contribution in [3.8, 4) is 11.1 Å². The van der Waals surface area contributed by atoms with E-state index in [1.165, 1.54) is 0 Å². The third kappa shape index (κ3) is 3.81. The number of Topliss-reactive ketones (excluding diaryl/α,β-unsaturated/α-hetero) is 1. The number of hydrogen-bond acceptors (Lipinski definition) is 2. The molecule has 1 aromatic carbocycles. The van der Waals surface area contributed by atoms with Crippen molar-refractivity contribution in [3.63, 3.8) is 0 Å². The first-order chi connectivity index (χ1) is 12.6. The van der Waals surface area contributed by atoms with E-state index in [2.05, 4.69) is 12.2 Å². The van der Waals surface area contributed by atoms with Gasteiger partial charge in [-0.2, -0.15) is 0 Å². The summed E-state index contributed by atoms with van der Waals surface area (Å²) < 4.78 is 1.76. The number of carbonyl (C=O) groups is 2. The first kappa shape index (κ1) is 18.2. The molecule has 1 amide bonds. The van der Waals surface area contributed by atoms with Crippen LogP contribution in [0.2, 0.25) is 5.02 Å². The van der Waals surface area contributed by atoms with E-state index in [1.807, 2.05) is 36.4 Å². The third-order valence-electron chi connectivity index (χ3n) is 4.32. The van der Waals surface area contributed by atoms with Crippen molar-refractivity contribution in [2.75, 3.05) is 6.54 Å². The number of nitrogens with zero attached hydrogens (tertiary/aromatic N) is 1. The molecule has 0 aliphatic heterocycles. The molecule has 26 heavy (non-hydrogen) atoms. The van der Waals surface area contributed by atoms with E-state index in [4.69, 9.17) is 11.6 Å². The van der Waals surface area contributed by atoms with Crippen molar-refractivity contribution in [2.24, 2.45) is 0 Å². The highest BCUT2D eigenvalue weighted by Gasteiger charge is 2.24. The number of rotatable bonds is 7. The van der Waals surface area contributed by atoms with E-state index in [1.54, 1.807) is 22.7 Å². The largest absolute Gasteiger partial charge is 0.349 e. The van der Waals surface area contributed by atoms with Gasteiger partial charge in [-0.1, -0.05) is 49.6 Å². The minimum absolute atomic E-state index is 0.371. The standard InChI is InChI=1S/C21H21ClN2O2/c1-2-3-5-12-23-21(26)20(25)19-18(15-8-10-16(22)11-9-15)14-17-7-4-6-13-24(17)19/h4,6-11,13-14H,2-3,5,12H2,1H3,(H,23,26). The Labute approximate surface area is 157 Å². The normalized spacial score (nSPS) is 10.8. The molecule has 0 aliphatic rings. The highest BCUT2D eigenvalue weighted by atomic mass is 35.5. The van der Waals surface area contributed by atoms with Gasteiger partial charge in [0.15, 0.2) is 0 Å². The Balaban J connectivity index is 1.98. The van der Waals surface area contributed by atoms with Crippen LogP contribution in [-0.4, -0.2) is 22.6 Å². The zero-order chi connectivity index (χ0) is 18.5. The number of aromatic nitrogens is 1. The summed E-state index contributed by atoms with van der Waals surface area (Å²) in [6.45, 7) is 2.61. The molecule has 0 saturated carbocycles. The van der Waals surface area contributed by atoms with Gasteiger partial charge in [0.25, 0.3) is 11.7 Å². The quantitative estimate of drug-likeness (QED) is 0.371. The average Bonchev–Trinajstić information content (AvgIpc) is 3.04. The molecule has 134 valence electrons. The molecular formula is C21H21ClN2O2. The van der Waals surface area contributed by atoms with Crippen LogP contribution in [0, 0.1) is 0 Å². The van der Waals surface area contributed by atoms with Gasteiger partial charge in [-0.15, -0.1) is 0 Å². The van der Waals surface area contributed by atoms with Crippen molar-refractivity contribution in [2.45, 2.75) is 26.2 Å². The number of halogens is 1. The topological polar surface area (TPSA) is 50.6 Å². The van der Waals surface area contributed by atoms with Crippen molar-refractivity contribution >= 4 is 28.8 Å². The van der Waals surface area contributed by atoms with Crippen molar-refractivity contribution in [1.82, 2.24) is 9.72 Å². The second-order valence-corrected chi connectivity index (χ2v) is 6.64. The number of amides is 1.